The van der Waals surface area contributed by atoms with Crippen molar-refractivity contribution in [1.29, 1.82) is 0 Å². The summed E-state index contributed by atoms with van der Waals surface area (Å²) >= 11 is 0. The summed E-state index contributed by atoms with van der Waals surface area (Å²) in [5.41, 5.74) is 0.0839. The van der Waals surface area contributed by atoms with Crippen molar-refractivity contribution in [2.45, 2.75) is 64.2 Å². The standard InChI is InChI=1S/C21H29F3N6.HI/c1-4-18-28-19-9-8-17(13-30(19)29-18)27-20(25-3)26-11-10-14(2)15-6-5-7-16(12-15)21(22,23)24;/h5-7,12,14,17H,4,8-11,13H2,1-3H3,(H2,25,26,27);1H. The van der Waals surface area contributed by atoms with Gasteiger partial charge in [-0.1, -0.05) is 32.0 Å². The highest BCUT2D eigenvalue weighted by Gasteiger charge is 2.30. The molecule has 1 aliphatic rings. The maximum atomic E-state index is 12.9. The maximum absolute atomic E-state index is 12.9. The van der Waals surface area contributed by atoms with Crippen LogP contribution >= 0.6 is 24.0 Å². The monoisotopic (exact) mass is 550 g/mol. The molecule has 2 atom stereocenters. The Bertz CT molecular complexity index is 880. The van der Waals surface area contributed by atoms with E-state index in [2.05, 4.69) is 25.7 Å². The Hall–Kier alpha value is -1.85. The van der Waals surface area contributed by atoms with Crippen molar-refractivity contribution in [1.82, 2.24) is 25.4 Å². The molecule has 2 aromatic rings. The first-order valence-electron chi connectivity index (χ1n) is 10.4. The summed E-state index contributed by atoms with van der Waals surface area (Å²) in [5, 5.41) is 11.2. The summed E-state index contributed by atoms with van der Waals surface area (Å²) in [7, 11) is 1.71. The summed E-state index contributed by atoms with van der Waals surface area (Å²) < 4.78 is 40.7. The number of rotatable bonds is 6. The molecular weight excluding hydrogens is 520 g/mol. The van der Waals surface area contributed by atoms with E-state index in [1.807, 2.05) is 18.5 Å². The Labute approximate surface area is 198 Å². The van der Waals surface area contributed by atoms with Crippen LogP contribution in [-0.2, 0) is 25.6 Å². The normalized spacial score (nSPS) is 17.5. The average Bonchev–Trinajstić information content (AvgIpc) is 3.15. The van der Waals surface area contributed by atoms with Crippen LogP contribution in [0.15, 0.2) is 29.3 Å². The van der Waals surface area contributed by atoms with Crippen LogP contribution in [0, 0.1) is 0 Å². The summed E-state index contributed by atoms with van der Waals surface area (Å²) in [6, 6.07) is 5.76. The van der Waals surface area contributed by atoms with Crippen molar-refractivity contribution >= 4 is 29.9 Å². The van der Waals surface area contributed by atoms with E-state index in [4.69, 9.17) is 0 Å². The molecule has 0 fully saturated rings. The van der Waals surface area contributed by atoms with Gasteiger partial charge in [0.1, 0.15) is 5.82 Å². The first-order valence-corrected chi connectivity index (χ1v) is 10.4. The fourth-order valence-electron chi connectivity index (χ4n) is 3.61. The van der Waals surface area contributed by atoms with Gasteiger partial charge in [0, 0.05) is 32.5 Å². The molecule has 2 unspecified atom stereocenters. The molecule has 0 radical (unpaired) electrons. The smallest absolute Gasteiger partial charge is 0.356 e. The van der Waals surface area contributed by atoms with Gasteiger partial charge in [0.05, 0.1) is 12.1 Å². The number of nitrogens with one attached hydrogen (secondary N) is 2. The molecule has 2 heterocycles. The van der Waals surface area contributed by atoms with Crippen molar-refractivity contribution in [3.63, 3.8) is 0 Å². The average molecular weight is 550 g/mol. The Balaban J connectivity index is 0.00000341. The molecule has 0 amide bonds. The second-order valence-corrected chi connectivity index (χ2v) is 7.67. The topological polar surface area (TPSA) is 67.1 Å². The van der Waals surface area contributed by atoms with Gasteiger partial charge >= 0.3 is 6.18 Å². The zero-order valence-corrected chi connectivity index (χ0v) is 20.4. The molecule has 10 heteroatoms. The summed E-state index contributed by atoms with van der Waals surface area (Å²) in [4.78, 5) is 8.81. The fourth-order valence-corrected chi connectivity index (χ4v) is 3.61. The van der Waals surface area contributed by atoms with Crippen LogP contribution in [-0.4, -0.2) is 40.4 Å². The molecule has 0 aliphatic carbocycles. The summed E-state index contributed by atoms with van der Waals surface area (Å²) in [5.74, 6) is 2.59. The quantitative estimate of drug-likeness (QED) is 0.322. The zero-order chi connectivity index (χ0) is 21.7. The van der Waals surface area contributed by atoms with Gasteiger partial charge in [-0.05, 0) is 30.4 Å². The molecule has 31 heavy (non-hydrogen) atoms. The minimum atomic E-state index is -4.32. The maximum Gasteiger partial charge on any atom is 0.416 e. The number of aryl methyl sites for hydroxylation is 2. The minimum absolute atomic E-state index is 0. The minimum Gasteiger partial charge on any atom is -0.356 e. The molecule has 3 rings (SSSR count). The predicted molar refractivity (Wildman–Crippen MR) is 126 cm³/mol. The van der Waals surface area contributed by atoms with Crippen molar-refractivity contribution in [3.05, 3.63) is 47.0 Å². The van der Waals surface area contributed by atoms with E-state index in [1.54, 1.807) is 13.1 Å². The van der Waals surface area contributed by atoms with Crippen LogP contribution in [0.2, 0.25) is 0 Å². The number of guanidine groups is 1. The lowest BCUT2D eigenvalue weighted by atomic mass is 9.96. The van der Waals surface area contributed by atoms with Crippen molar-refractivity contribution < 1.29 is 13.2 Å². The Morgan fingerprint density at radius 3 is 2.81 bits per heavy atom. The number of benzene rings is 1. The van der Waals surface area contributed by atoms with E-state index in [-0.39, 0.29) is 35.9 Å². The van der Waals surface area contributed by atoms with E-state index < -0.39 is 11.7 Å². The van der Waals surface area contributed by atoms with Gasteiger partial charge in [-0.25, -0.2) is 9.67 Å². The fraction of sp³-hybridized carbons (Fsp3) is 0.571. The lowest BCUT2D eigenvalue weighted by Crippen LogP contribution is -2.47. The third-order valence-electron chi connectivity index (χ3n) is 5.44. The van der Waals surface area contributed by atoms with Crippen molar-refractivity contribution in [2.75, 3.05) is 13.6 Å². The lowest BCUT2D eigenvalue weighted by molar-refractivity contribution is -0.137. The van der Waals surface area contributed by atoms with Crippen LogP contribution in [0.25, 0.3) is 0 Å². The second-order valence-electron chi connectivity index (χ2n) is 7.67. The number of halogens is 4. The van der Waals surface area contributed by atoms with E-state index in [1.165, 1.54) is 12.1 Å². The van der Waals surface area contributed by atoms with Crippen LogP contribution < -0.4 is 10.6 Å². The van der Waals surface area contributed by atoms with Gasteiger partial charge in [0.15, 0.2) is 11.8 Å². The lowest BCUT2D eigenvalue weighted by Gasteiger charge is -2.25. The number of aromatic nitrogens is 3. The third-order valence-corrected chi connectivity index (χ3v) is 5.44. The van der Waals surface area contributed by atoms with E-state index in [0.29, 0.717) is 24.5 Å². The molecule has 0 saturated carbocycles. The van der Waals surface area contributed by atoms with Gasteiger partial charge in [0.2, 0.25) is 0 Å². The van der Waals surface area contributed by atoms with Crippen LogP contribution in [0.5, 0.6) is 0 Å². The Kier molecular flexibility index (Phi) is 9.14. The number of alkyl halides is 3. The number of fused-ring (bicyclic) bond motifs is 1. The molecule has 1 aromatic carbocycles. The van der Waals surface area contributed by atoms with Gasteiger partial charge in [-0.2, -0.15) is 18.3 Å². The Morgan fingerprint density at radius 2 is 2.13 bits per heavy atom. The van der Waals surface area contributed by atoms with Crippen LogP contribution in [0.4, 0.5) is 13.2 Å². The first-order chi connectivity index (χ1) is 14.3. The SMILES string of the molecule is CCc1nc2n(n1)CC(NC(=NC)NCCC(C)c1cccc(C(F)(F)F)c1)CC2.I. The van der Waals surface area contributed by atoms with Crippen molar-refractivity contribution in [3.8, 4) is 0 Å². The second kappa shape index (κ2) is 11.1. The zero-order valence-electron chi connectivity index (χ0n) is 18.0. The summed E-state index contributed by atoms with van der Waals surface area (Å²) in [6.45, 7) is 5.33. The van der Waals surface area contributed by atoms with E-state index in [0.717, 1.165) is 43.5 Å². The highest BCUT2D eigenvalue weighted by atomic mass is 127. The third kappa shape index (κ3) is 6.81. The van der Waals surface area contributed by atoms with Gasteiger partial charge in [0.25, 0.3) is 0 Å². The molecule has 1 aromatic heterocycles. The molecule has 172 valence electrons. The van der Waals surface area contributed by atoms with Crippen molar-refractivity contribution in [2.24, 2.45) is 4.99 Å². The van der Waals surface area contributed by atoms with Crippen LogP contribution in [0.1, 0.15) is 55.4 Å². The molecule has 6 nitrogen and oxygen atoms in total. The molecule has 0 spiro atoms. The Morgan fingerprint density at radius 1 is 1.35 bits per heavy atom. The largest absolute Gasteiger partial charge is 0.416 e. The molecule has 0 saturated heterocycles. The molecule has 1 aliphatic heterocycles. The highest BCUT2D eigenvalue weighted by molar-refractivity contribution is 14.0. The predicted octanol–water partition coefficient (Wildman–Crippen LogP) is 4.15. The number of hydrogen-bond acceptors (Lipinski definition) is 3. The number of hydrogen-bond donors (Lipinski definition) is 2. The van der Waals surface area contributed by atoms with Gasteiger partial charge in [-0.15, -0.1) is 24.0 Å². The van der Waals surface area contributed by atoms with E-state index in [9.17, 15) is 13.2 Å². The van der Waals surface area contributed by atoms with Crippen LogP contribution in [0.3, 0.4) is 0 Å². The number of aliphatic imine (C=N–C) groups is 1. The van der Waals surface area contributed by atoms with E-state index >= 15 is 0 Å². The first kappa shape index (κ1) is 25.4. The number of nitrogens with zero attached hydrogens (tertiary/aromatic N) is 4. The van der Waals surface area contributed by atoms with Gasteiger partial charge in [-0.3, -0.25) is 4.99 Å². The molecule has 2 N–H and O–H groups in total. The van der Waals surface area contributed by atoms with Gasteiger partial charge < -0.3 is 10.6 Å². The molecular formula is C21H30F3IN6. The molecule has 0 bridgehead atoms. The highest BCUT2D eigenvalue weighted by Crippen LogP contribution is 2.31. The summed E-state index contributed by atoms with van der Waals surface area (Å²) in [6.07, 6.45) is -0.982.